The molecule has 0 fully saturated rings. The Labute approximate surface area is 192 Å². The number of aromatic nitrogens is 3. The first-order valence-corrected chi connectivity index (χ1v) is 11.8. The van der Waals surface area contributed by atoms with Gasteiger partial charge in [-0.15, -0.1) is 10.2 Å². The molecule has 3 aromatic rings. The molecule has 6 nitrogen and oxygen atoms in total. The van der Waals surface area contributed by atoms with E-state index in [0.717, 1.165) is 29.0 Å². The van der Waals surface area contributed by atoms with E-state index in [1.54, 1.807) is 16.7 Å². The number of nitrogens with zero attached hydrogens (tertiary/aromatic N) is 4. The van der Waals surface area contributed by atoms with Gasteiger partial charge in [0, 0.05) is 18.2 Å². The molecule has 0 N–H and O–H groups in total. The lowest BCUT2D eigenvalue weighted by molar-refractivity contribution is -0.117. The third-order valence-electron chi connectivity index (χ3n) is 5.11. The van der Waals surface area contributed by atoms with Crippen LogP contribution in [-0.4, -0.2) is 33.1 Å². The van der Waals surface area contributed by atoms with E-state index >= 15 is 0 Å². The van der Waals surface area contributed by atoms with Crippen LogP contribution in [0, 0.1) is 0 Å². The molecular weight excluding hydrogens is 420 g/mol. The summed E-state index contributed by atoms with van der Waals surface area (Å²) in [7, 11) is 0. The Morgan fingerprint density at radius 1 is 1.09 bits per heavy atom. The maximum absolute atomic E-state index is 12.7. The summed E-state index contributed by atoms with van der Waals surface area (Å²) in [5, 5.41) is 9.35. The summed E-state index contributed by atoms with van der Waals surface area (Å²) >= 11 is 1.58. The summed E-state index contributed by atoms with van der Waals surface area (Å²) in [6, 6.07) is 17.5. The highest BCUT2D eigenvalue weighted by atomic mass is 32.2. The van der Waals surface area contributed by atoms with Crippen LogP contribution < -0.4 is 9.64 Å². The van der Waals surface area contributed by atoms with Crippen molar-refractivity contribution in [3.63, 3.8) is 0 Å². The normalized spacial score (nSPS) is 15.1. The molecule has 4 rings (SSSR count). The number of thioether (sulfide) groups is 1. The zero-order chi connectivity index (χ0) is 22.3. The van der Waals surface area contributed by atoms with Gasteiger partial charge in [0.25, 0.3) is 0 Å². The summed E-state index contributed by atoms with van der Waals surface area (Å²) in [6.07, 6.45) is 6.60. The number of fused-ring (bicyclic) bond motifs is 3. The number of hydrogen-bond donors (Lipinski definition) is 0. The van der Waals surface area contributed by atoms with E-state index in [-0.39, 0.29) is 5.91 Å². The first kappa shape index (κ1) is 22.0. The van der Waals surface area contributed by atoms with Gasteiger partial charge in [-0.05, 0) is 24.1 Å². The molecule has 7 heteroatoms. The number of benzene rings is 2. The molecule has 0 aliphatic carbocycles. The zero-order valence-electron chi connectivity index (χ0n) is 18.3. The van der Waals surface area contributed by atoms with E-state index < -0.39 is 6.23 Å². The summed E-state index contributed by atoms with van der Waals surface area (Å²) in [4.78, 5) is 19.0. The number of ether oxygens (including phenoxy) is 1. The molecule has 32 heavy (non-hydrogen) atoms. The number of rotatable bonds is 7. The van der Waals surface area contributed by atoms with Crippen molar-refractivity contribution >= 4 is 29.4 Å². The van der Waals surface area contributed by atoms with Crippen LogP contribution >= 0.6 is 11.8 Å². The Hall–Kier alpha value is -3.19. The Morgan fingerprint density at radius 2 is 1.88 bits per heavy atom. The highest BCUT2D eigenvalue weighted by molar-refractivity contribution is 7.99. The molecule has 0 spiro atoms. The molecule has 0 saturated heterocycles. The van der Waals surface area contributed by atoms with Crippen LogP contribution in [0.4, 0.5) is 5.69 Å². The van der Waals surface area contributed by atoms with Gasteiger partial charge in [0.15, 0.2) is 11.9 Å². The molecule has 0 radical (unpaired) electrons. The van der Waals surface area contributed by atoms with Gasteiger partial charge in [0.2, 0.25) is 16.9 Å². The average Bonchev–Trinajstić information content (AvgIpc) is 2.95. The van der Waals surface area contributed by atoms with Crippen molar-refractivity contribution in [3.8, 4) is 17.1 Å². The topological polar surface area (TPSA) is 68.2 Å². The maximum atomic E-state index is 12.7. The van der Waals surface area contributed by atoms with Crippen LogP contribution in [0.25, 0.3) is 17.3 Å². The largest absolute Gasteiger partial charge is 0.448 e. The molecule has 2 aromatic carbocycles. The van der Waals surface area contributed by atoms with E-state index in [0.29, 0.717) is 16.7 Å². The Bertz CT molecular complexity index is 1100. The first-order valence-electron chi connectivity index (χ1n) is 10.8. The molecule has 1 aromatic heterocycles. The fraction of sp³-hybridized carbons (Fsp3) is 0.280. The summed E-state index contributed by atoms with van der Waals surface area (Å²) < 4.78 is 6.29. The van der Waals surface area contributed by atoms with Gasteiger partial charge in [-0.2, -0.15) is 4.98 Å². The van der Waals surface area contributed by atoms with Gasteiger partial charge in [-0.25, -0.2) is 0 Å². The fourth-order valence-electron chi connectivity index (χ4n) is 3.55. The van der Waals surface area contributed by atoms with Crippen molar-refractivity contribution in [1.82, 2.24) is 15.2 Å². The molecule has 164 valence electrons. The van der Waals surface area contributed by atoms with Gasteiger partial charge in [-0.3, -0.25) is 9.69 Å². The van der Waals surface area contributed by atoms with Gasteiger partial charge >= 0.3 is 0 Å². The lowest BCUT2D eigenvalue weighted by Gasteiger charge is -2.27. The van der Waals surface area contributed by atoms with Crippen LogP contribution in [0.15, 0.2) is 65.8 Å². The van der Waals surface area contributed by atoms with Crippen LogP contribution in [-0.2, 0) is 4.79 Å². The number of hydrogen-bond acceptors (Lipinski definition) is 6. The predicted molar refractivity (Wildman–Crippen MR) is 129 cm³/mol. The van der Waals surface area contributed by atoms with E-state index in [2.05, 4.69) is 22.1 Å². The number of amides is 1. The molecule has 2 heterocycles. The second-order valence-corrected chi connectivity index (χ2v) is 8.55. The van der Waals surface area contributed by atoms with Crippen molar-refractivity contribution in [3.05, 3.63) is 66.2 Å². The molecule has 0 saturated carbocycles. The second kappa shape index (κ2) is 10.4. The van der Waals surface area contributed by atoms with Crippen LogP contribution in [0.5, 0.6) is 5.88 Å². The van der Waals surface area contributed by atoms with E-state index in [4.69, 9.17) is 4.74 Å². The predicted octanol–water partition coefficient (Wildman–Crippen LogP) is 5.61. The monoisotopic (exact) mass is 446 g/mol. The summed E-state index contributed by atoms with van der Waals surface area (Å²) in [5.74, 6) is 1.19. The molecule has 1 amide bonds. The minimum Gasteiger partial charge on any atom is -0.448 e. The lowest BCUT2D eigenvalue weighted by Crippen LogP contribution is -2.41. The van der Waals surface area contributed by atoms with Crippen molar-refractivity contribution in [2.24, 2.45) is 0 Å². The Kier molecular flexibility index (Phi) is 7.17. The molecule has 1 atom stereocenters. The third kappa shape index (κ3) is 4.99. The lowest BCUT2D eigenvalue weighted by atomic mass is 10.1. The van der Waals surface area contributed by atoms with Crippen molar-refractivity contribution in [2.45, 2.75) is 44.5 Å². The number of para-hydroxylation sites is 1. The van der Waals surface area contributed by atoms with Crippen LogP contribution in [0.1, 0.15) is 38.7 Å². The van der Waals surface area contributed by atoms with Gasteiger partial charge in [0.1, 0.15) is 0 Å². The number of carbonyl (C=O) groups is 1. The zero-order valence-corrected chi connectivity index (χ0v) is 19.1. The molecule has 1 unspecified atom stereocenters. The maximum Gasteiger partial charge on any atom is 0.247 e. The van der Waals surface area contributed by atoms with Crippen molar-refractivity contribution in [2.75, 3.05) is 10.7 Å². The standard InChI is InChI=1S/C25H26N4O2S/c1-3-4-10-17-32-25-26-24-23(27-28-25)20-13-8-9-14-21(20)29(18(2)30)22(31-24)16-15-19-11-6-5-7-12-19/h5-9,11-16,22H,3-4,10,17H2,1-2H3/b16-15+. The van der Waals surface area contributed by atoms with Crippen molar-refractivity contribution in [1.29, 1.82) is 0 Å². The molecule has 1 aliphatic heterocycles. The van der Waals surface area contributed by atoms with Crippen LogP contribution in [0.2, 0.25) is 0 Å². The van der Waals surface area contributed by atoms with Gasteiger partial charge < -0.3 is 4.74 Å². The average molecular weight is 447 g/mol. The minimum absolute atomic E-state index is 0.130. The number of anilines is 1. The van der Waals surface area contributed by atoms with Gasteiger partial charge in [0.05, 0.1) is 5.69 Å². The quantitative estimate of drug-likeness (QED) is 0.347. The first-order chi connectivity index (χ1) is 15.7. The highest BCUT2D eigenvalue weighted by Crippen LogP contribution is 2.39. The third-order valence-corrected chi connectivity index (χ3v) is 6.04. The van der Waals surface area contributed by atoms with E-state index in [1.165, 1.54) is 19.8 Å². The fourth-order valence-corrected chi connectivity index (χ4v) is 4.32. The summed E-state index contributed by atoms with van der Waals surface area (Å²) in [5.41, 5.74) is 3.06. The number of carbonyl (C=O) groups excluding carboxylic acids is 1. The van der Waals surface area contributed by atoms with E-state index in [9.17, 15) is 4.79 Å². The van der Waals surface area contributed by atoms with E-state index in [1.807, 2.05) is 66.7 Å². The molecular formula is C25H26N4O2S. The smallest absolute Gasteiger partial charge is 0.247 e. The summed E-state index contributed by atoms with van der Waals surface area (Å²) in [6.45, 7) is 3.72. The minimum atomic E-state index is -0.662. The van der Waals surface area contributed by atoms with Crippen molar-refractivity contribution < 1.29 is 9.53 Å². The Morgan fingerprint density at radius 3 is 2.66 bits per heavy atom. The van der Waals surface area contributed by atoms with Crippen LogP contribution in [0.3, 0.4) is 0 Å². The SMILES string of the molecule is CCCCCSc1nnc2c(n1)OC(/C=C/c1ccccc1)N(C(C)=O)c1ccccc1-2. The molecule has 0 bridgehead atoms. The highest BCUT2D eigenvalue weighted by Gasteiger charge is 2.32. The van der Waals surface area contributed by atoms with Gasteiger partial charge in [-0.1, -0.05) is 86.1 Å². The molecule has 1 aliphatic rings. The number of unbranched alkanes of at least 4 members (excludes halogenated alkanes) is 2. The second-order valence-electron chi connectivity index (χ2n) is 7.49. The Balaban J connectivity index is 1.73.